The Labute approximate surface area is 253 Å². The lowest BCUT2D eigenvalue weighted by Crippen LogP contribution is -2.51. The van der Waals surface area contributed by atoms with Gasteiger partial charge >= 0.3 is 12.3 Å². The third-order valence-electron chi connectivity index (χ3n) is 6.84. The second kappa shape index (κ2) is 12.8. The molecule has 4 rings (SSSR count). The van der Waals surface area contributed by atoms with Crippen molar-refractivity contribution in [3.63, 3.8) is 0 Å². The molecule has 236 valence electrons. The maximum absolute atomic E-state index is 13.2. The van der Waals surface area contributed by atoms with Crippen LogP contribution >= 0.6 is 11.6 Å². The molecule has 2 fully saturated rings. The van der Waals surface area contributed by atoms with Crippen LogP contribution in [0.2, 0.25) is 5.15 Å². The van der Waals surface area contributed by atoms with E-state index in [4.69, 9.17) is 16.3 Å². The molecule has 1 aromatic carbocycles. The first-order chi connectivity index (χ1) is 20.0. The summed E-state index contributed by atoms with van der Waals surface area (Å²) in [7, 11) is -3.88. The van der Waals surface area contributed by atoms with E-state index in [1.165, 1.54) is 28.6 Å². The fourth-order valence-corrected chi connectivity index (χ4v) is 6.27. The molecule has 1 aromatic heterocycles. The van der Waals surface area contributed by atoms with Gasteiger partial charge in [0.05, 0.1) is 17.0 Å². The van der Waals surface area contributed by atoms with E-state index in [2.05, 4.69) is 10.3 Å². The zero-order valence-corrected chi connectivity index (χ0v) is 25.6. The Bertz CT molecular complexity index is 1420. The fourth-order valence-electron chi connectivity index (χ4n) is 4.64. The van der Waals surface area contributed by atoms with Crippen molar-refractivity contribution in [3.05, 3.63) is 47.1 Å². The highest BCUT2D eigenvalue weighted by atomic mass is 35.5. The van der Waals surface area contributed by atoms with Gasteiger partial charge in [-0.2, -0.15) is 17.5 Å². The predicted octanol–water partition coefficient (Wildman–Crippen LogP) is 3.76. The lowest BCUT2D eigenvalue weighted by molar-refractivity contribution is -0.137. The number of carbonyl (C=O) groups is 2. The number of aromatic nitrogens is 1. The van der Waals surface area contributed by atoms with Gasteiger partial charge in [-0.3, -0.25) is 9.69 Å². The summed E-state index contributed by atoms with van der Waals surface area (Å²) in [6, 6.07) is 7.42. The smallest absolute Gasteiger partial charge is 0.416 e. The Kier molecular flexibility index (Phi) is 9.79. The van der Waals surface area contributed by atoms with Crippen molar-refractivity contribution >= 4 is 45.1 Å². The highest BCUT2D eigenvalue weighted by Crippen LogP contribution is 2.33. The maximum Gasteiger partial charge on any atom is 0.416 e. The monoisotopic (exact) mass is 646 g/mol. The summed E-state index contributed by atoms with van der Waals surface area (Å²) >= 11 is 5.79. The van der Waals surface area contributed by atoms with Gasteiger partial charge in [0.2, 0.25) is 15.9 Å². The number of hydrogen-bond donors (Lipinski definition) is 1. The van der Waals surface area contributed by atoms with Crippen LogP contribution in [0.15, 0.2) is 41.3 Å². The lowest BCUT2D eigenvalue weighted by Gasteiger charge is -2.35. The van der Waals surface area contributed by atoms with Gasteiger partial charge < -0.3 is 19.9 Å². The van der Waals surface area contributed by atoms with E-state index in [0.29, 0.717) is 31.9 Å². The van der Waals surface area contributed by atoms with Crippen LogP contribution in [0.4, 0.5) is 29.5 Å². The SMILES string of the molecule is CC(C)(C)OC(=O)N1CCN(CC(=O)Nc2ccc(S(=O)(=O)N3CCN(c4cc(C(F)(F)F)cc(Cl)n4)CC3)cc2)CC1. The Morgan fingerprint density at radius 3 is 2.12 bits per heavy atom. The van der Waals surface area contributed by atoms with Crippen molar-refractivity contribution in [2.24, 2.45) is 0 Å². The lowest BCUT2D eigenvalue weighted by atomic mass is 10.2. The molecule has 0 atom stereocenters. The number of alkyl halides is 3. The minimum atomic E-state index is -4.59. The van der Waals surface area contributed by atoms with Crippen LogP contribution < -0.4 is 10.2 Å². The molecule has 3 heterocycles. The molecule has 0 aliphatic carbocycles. The second-order valence-corrected chi connectivity index (χ2v) is 13.6. The largest absolute Gasteiger partial charge is 0.444 e. The van der Waals surface area contributed by atoms with Crippen molar-refractivity contribution in [1.29, 1.82) is 0 Å². The van der Waals surface area contributed by atoms with E-state index >= 15 is 0 Å². The molecule has 2 aliphatic heterocycles. The van der Waals surface area contributed by atoms with Crippen molar-refractivity contribution in [3.8, 4) is 0 Å². The summed E-state index contributed by atoms with van der Waals surface area (Å²) in [6.45, 7) is 7.74. The first kappa shape index (κ1) is 32.8. The van der Waals surface area contributed by atoms with E-state index in [0.717, 1.165) is 12.1 Å². The van der Waals surface area contributed by atoms with Gasteiger partial charge in [-0.15, -0.1) is 0 Å². The summed E-state index contributed by atoms with van der Waals surface area (Å²) < 4.78 is 72.6. The van der Waals surface area contributed by atoms with Crippen LogP contribution in [0, 0.1) is 0 Å². The molecular weight excluding hydrogens is 613 g/mol. The van der Waals surface area contributed by atoms with E-state index in [1.54, 1.807) is 30.6 Å². The standard InChI is InChI=1S/C27H34ClF3N6O5S/c1-26(2,3)42-25(39)36-10-8-34(9-11-36)18-24(38)32-20-4-6-21(7-5-20)43(40,41)37-14-12-35(13-15-37)23-17-19(27(29,30)31)16-22(28)33-23/h4-7,16-17H,8-15,18H2,1-3H3,(H,32,38). The van der Waals surface area contributed by atoms with Crippen LogP contribution in [-0.4, -0.2) is 104 Å². The van der Waals surface area contributed by atoms with Gasteiger partial charge in [0.1, 0.15) is 16.6 Å². The third kappa shape index (κ3) is 8.71. The molecule has 2 aromatic rings. The minimum Gasteiger partial charge on any atom is -0.444 e. The molecule has 0 radical (unpaired) electrons. The molecule has 1 N–H and O–H groups in total. The molecule has 2 amide bonds. The topological polar surface area (TPSA) is 115 Å². The van der Waals surface area contributed by atoms with Crippen molar-refractivity contribution in [1.82, 2.24) is 19.1 Å². The first-order valence-corrected chi connectivity index (χ1v) is 15.4. The molecule has 0 spiro atoms. The number of ether oxygens (including phenoxy) is 1. The second-order valence-electron chi connectivity index (χ2n) is 11.2. The minimum absolute atomic E-state index is 0.0254. The number of amides is 2. The summed E-state index contributed by atoms with van der Waals surface area (Å²) in [6.07, 6.45) is -4.97. The average Bonchev–Trinajstić information content (AvgIpc) is 2.92. The van der Waals surface area contributed by atoms with E-state index in [-0.39, 0.29) is 60.6 Å². The van der Waals surface area contributed by atoms with Crippen molar-refractivity contribution in [2.45, 2.75) is 37.4 Å². The van der Waals surface area contributed by atoms with Crippen LogP contribution in [-0.2, 0) is 25.7 Å². The van der Waals surface area contributed by atoms with Crippen LogP contribution in [0.25, 0.3) is 0 Å². The number of rotatable bonds is 6. The number of halogens is 4. The number of sulfonamides is 1. The van der Waals surface area contributed by atoms with E-state index in [9.17, 15) is 31.2 Å². The summed E-state index contributed by atoms with van der Waals surface area (Å²) in [4.78, 5) is 33.9. The number of nitrogens with zero attached hydrogens (tertiary/aromatic N) is 5. The molecule has 0 saturated carbocycles. The number of piperazine rings is 2. The Balaban J connectivity index is 1.27. The maximum atomic E-state index is 13.2. The van der Waals surface area contributed by atoms with Crippen LogP contribution in [0.3, 0.4) is 0 Å². The molecule has 2 aliphatic rings. The van der Waals surface area contributed by atoms with E-state index in [1.807, 2.05) is 4.90 Å². The molecule has 43 heavy (non-hydrogen) atoms. The normalized spacial score (nSPS) is 17.6. The molecule has 0 bridgehead atoms. The molecule has 0 unspecified atom stereocenters. The van der Waals surface area contributed by atoms with Gasteiger partial charge in [0.15, 0.2) is 0 Å². The summed E-state index contributed by atoms with van der Waals surface area (Å²) in [5.74, 6) is -0.248. The molecule has 11 nitrogen and oxygen atoms in total. The summed E-state index contributed by atoms with van der Waals surface area (Å²) in [5, 5.41) is 2.46. The van der Waals surface area contributed by atoms with E-state index < -0.39 is 27.4 Å². The molecular formula is C27H34ClF3N6O5S. The van der Waals surface area contributed by atoms with Gasteiger partial charge in [-0.1, -0.05) is 11.6 Å². The predicted molar refractivity (Wildman–Crippen MR) is 155 cm³/mol. The van der Waals surface area contributed by atoms with Crippen LogP contribution in [0.1, 0.15) is 26.3 Å². The van der Waals surface area contributed by atoms with Crippen LogP contribution in [0.5, 0.6) is 0 Å². The van der Waals surface area contributed by atoms with Crippen molar-refractivity contribution < 1.29 is 35.9 Å². The highest BCUT2D eigenvalue weighted by Gasteiger charge is 2.34. The number of benzene rings is 1. The Morgan fingerprint density at radius 2 is 1.56 bits per heavy atom. The molecule has 2 saturated heterocycles. The van der Waals surface area contributed by atoms with Crippen molar-refractivity contribution in [2.75, 3.05) is 69.1 Å². The first-order valence-electron chi connectivity index (χ1n) is 13.6. The number of carbonyl (C=O) groups excluding carboxylic acids is 2. The quantitative estimate of drug-likeness (QED) is 0.472. The molecule has 16 heteroatoms. The van der Waals surface area contributed by atoms with Gasteiger partial charge in [0.25, 0.3) is 0 Å². The number of nitrogens with one attached hydrogen (secondary N) is 1. The van der Waals surface area contributed by atoms with Gasteiger partial charge in [-0.25, -0.2) is 18.2 Å². The average molecular weight is 647 g/mol. The number of pyridine rings is 1. The highest BCUT2D eigenvalue weighted by molar-refractivity contribution is 7.89. The fraction of sp³-hybridized carbons (Fsp3) is 0.519. The zero-order valence-electron chi connectivity index (χ0n) is 24.0. The number of anilines is 2. The van der Waals surface area contributed by atoms with Gasteiger partial charge in [0, 0.05) is 58.0 Å². The third-order valence-corrected chi connectivity index (χ3v) is 8.94. The number of hydrogen-bond acceptors (Lipinski definition) is 8. The summed E-state index contributed by atoms with van der Waals surface area (Å²) in [5.41, 5.74) is -1.08. The Hall–Kier alpha value is -3.14. The Morgan fingerprint density at radius 1 is 0.953 bits per heavy atom. The van der Waals surface area contributed by atoms with Gasteiger partial charge in [-0.05, 0) is 57.2 Å². The zero-order chi connectivity index (χ0) is 31.6.